The molecule has 11 heteroatoms. The fourth-order valence-electron chi connectivity index (χ4n) is 0.203. The van der Waals surface area contributed by atoms with E-state index >= 15 is 0 Å². The van der Waals surface area contributed by atoms with Gasteiger partial charge in [0.2, 0.25) is 0 Å². The molecule has 0 rings (SSSR count). The van der Waals surface area contributed by atoms with Crippen LogP contribution in [0.15, 0.2) is 0 Å². The van der Waals surface area contributed by atoms with Gasteiger partial charge in [-0.15, -0.1) is 0 Å². The van der Waals surface area contributed by atoms with Gasteiger partial charge in [-0.25, -0.2) is 8.42 Å². The number of ether oxygens (including phenoxy) is 1. The number of hydrogen-bond donors (Lipinski definition) is 0. The summed E-state index contributed by atoms with van der Waals surface area (Å²) >= 11 is 0. The number of carbonyl (C=O) groups is 1. The number of carbonyl (C=O) groups excluding carboxylic acids is 1. The molecule has 0 fully saturated rings. The number of hydrogen-bond acceptors (Lipinski definition) is 7. The Labute approximate surface area is 134 Å². The van der Waals surface area contributed by atoms with Crippen molar-refractivity contribution in [1.82, 2.24) is 0 Å². The molecule has 0 radical (unpaired) electrons. The summed E-state index contributed by atoms with van der Waals surface area (Å²) in [6.07, 6.45) is 0. The summed E-state index contributed by atoms with van der Waals surface area (Å²) in [7, 11) is -8.59. The van der Waals surface area contributed by atoms with Gasteiger partial charge in [0.05, 0.1) is 16.7 Å². The third-order valence-corrected chi connectivity index (χ3v) is 1.85. The molecule has 15 heavy (non-hydrogen) atoms. The number of esters is 1. The molecule has 0 heterocycles. The van der Waals surface area contributed by atoms with E-state index in [1.165, 1.54) is 6.92 Å². The average molecular weight is 278 g/mol. The molecule has 0 spiro atoms. The molecule has 0 N–H and O–H groups in total. The van der Waals surface area contributed by atoms with E-state index in [9.17, 15) is 4.79 Å². The zero-order valence-corrected chi connectivity index (χ0v) is 14.5. The van der Waals surface area contributed by atoms with Gasteiger partial charge in [0.1, 0.15) is 0 Å². The van der Waals surface area contributed by atoms with E-state index in [2.05, 4.69) is 4.74 Å². The van der Waals surface area contributed by atoms with Gasteiger partial charge in [-0.1, -0.05) is 0 Å². The second-order valence-corrected chi connectivity index (χ2v) is 4.80. The predicted octanol–water partition coefficient (Wildman–Crippen LogP) is -7.10. The molecule has 0 bridgehead atoms. The average Bonchev–Trinajstić information content (AvgIpc) is 1.85. The van der Waals surface area contributed by atoms with Crippen LogP contribution in [0.25, 0.3) is 0 Å². The Balaban J connectivity index is -0.0000000718. The molecule has 0 aliphatic carbocycles. The van der Waals surface area contributed by atoms with Gasteiger partial charge >= 0.3 is 65.1 Å². The van der Waals surface area contributed by atoms with Gasteiger partial charge in [-0.2, -0.15) is 0 Å². The fraction of sp³-hybridized carbons (Fsp3) is 0.750. The quantitative estimate of drug-likeness (QED) is 0.162. The van der Waals surface area contributed by atoms with Crippen molar-refractivity contribution < 1.29 is 90.4 Å². The van der Waals surface area contributed by atoms with E-state index in [1.54, 1.807) is 6.92 Å². The Morgan fingerprint density at radius 3 is 1.67 bits per heavy atom. The normalized spacial score (nSPS) is 10.7. The van der Waals surface area contributed by atoms with E-state index in [-0.39, 0.29) is 65.1 Å². The molecule has 0 saturated carbocycles. The van der Waals surface area contributed by atoms with Crippen molar-refractivity contribution in [3.8, 4) is 0 Å². The molecule has 0 amide bonds. The topological polar surface area (TPSA) is 124 Å². The van der Waals surface area contributed by atoms with E-state index in [0.29, 0.717) is 6.61 Å². The fourth-order valence-corrected chi connectivity index (χ4v) is 0.203. The van der Waals surface area contributed by atoms with Crippen LogP contribution in [0.4, 0.5) is 0 Å². The van der Waals surface area contributed by atoms with E-state index in [1.807, 2.05) is 0 Å². The molecular weight excluding hydrogens is 270 g/mol. The second kappa shape index (κ2) is 13.6. The van der Waals surface area contributed by atoms with Gasteiger partial charge in [0.15, 0.2) is 9.15 Å². The summed E-state index contributed by atoms with van der Waals surface area (Å²) in [4.78, 5) is 9.82. The summed E-state index contributed by atoms with van der Waals surface area (Å²) in [6, 6.07) is 0. The van der Waals surface area contributed by atoms with Crippen molar-refractivity contribution in [2.45, 2.75) is 13.8 Å². The van der Waals surface area contributed by atoms with Gasteiger partial charge in [-0.05, 0) is 6.92 Å². The van der Waals surface area contributed by atoms with E-state index < -0.39 is 19.3 Å². The Bertz CT molecular complexity index is 275. The minimum Gasteiger partial charge on any atom is -0.761 e. The monoisotopic (exact) mass is 278 g/mol. The van der Waals surface area contributed by atoms with Gasteiger partial charge < -0.3 is 13.8 Å². The maximum absolute atomic E-state index is 9.82. The van der Waals surface area contributed by atoms with Crippen molar-refractivity contribution in [2.24, 2.45) is 0 Å². The van der Waals surface area contributed by atoms with Crippen molar-refractivity contribution in [3.63, 3.8) is 0 Å². The van der Waals surface area contributed by atoms with Crippen molar-refractivity contribution >= 4 is 25.2 Å². The zero-order valence-electron chi connectivity index (χ0n) is 8.88. The maximum atomic E-state index is 9.82. The van der Waals surface area contributed by atoms with Gasteiger partial charge in [0.25, 0.3) is 0 Å². The predicted molar refractivity (Wildman–Crippen MR) is 40.9 cm³/mol. The summed E-state index contributed by atoms with van der Waals surface area (Å²) in [6.45, 7) is 3.65. The molecule has 0 aromatic rings. The van der Waals surface area contributed by atoms with Crippen LogP contribution in [-0.2, 0) is 28.8 Å². The van der Waals surface area contributed by atoms with Crippen molar-refractivity contribution in [2.75, 3.05) is 6.61 Å². The molecule has 0 aromatic heterocycles. The molecule has 0 saturated heterocycles. The van der Waals surface area contributed by atoms with Crippen LogP contribution in [0.3, 0.4) is 0 Å². The van der Waals surface area contributed by atoms with Gasteiger partial charge in [0, 0.05) is 6.92 Å². The standard InChI is InChI=1S/C4H8O2.2Na.H2O5S2/c1-3-6-4(2)5;;;1-6(2)7(3,4)5/h3H2,1-2H3;;;(H,1,2)(H,3,4,5)/q;2*+1;/p-2. The third-order valence-electron chi connectivity index (χ3n) is 0.514. The van der Waals surface area contributed by atoms with Crippen LogP contribution in [0.2, 0.25) is 0 Å². The molecular formula is C4H8Na2O7S2. The number of rotatable bonds is 2. The minimum absolute atomic E-state index is 0. The molecule has 80 valence electrons. The smallest absolute Gasteiger partial charge is 0.761 e. The maximum Gasteiger partial charge on any atom is 1.00 e. The summed E-state index contributed by atoms with van der Waals surface area (Å²) in [5.41, 5.74) is 0. The van der Waals surface area contributed by atoms with Crippen LogP contribution < -0.4 is 59.1 Å². The molecule has 7 nitrogen and oxygen atoms in total. The first-order valence-corrected chi connectivity index (χ1v) is 5.90. The second-order valence-electron chi connectivity index (χ2n) is 1.54. The van der Waals surface area contributed by atoms with Gasteiger partial charge in [-0.3, -0.25) is 9.00 Å². The molecule has 1 unspecified atom stereocenters. The molecule has 0 aromatic carbocycles. The Hall–Kier alpha value is 1.49. The summed E-state index contributed by atoms with van der Waals surface area (Å²) in [5, 5.41) is 0. The van der Waals surface area contributed by atoms with Crippen molar-refractivity contribution in [1.29, 1.82) is 0 Å². The zero-order chi connectivity index (χ0) is 11.1. The third kappa shape index (κ3) is 25.6. The Morgan fingerprint density at radius 1 is 1.40 bits per heavy atom. The Morgan fingerprint density at radius 2 is 1.67 bits per heavy atom. The molecule has 1 atom stereocenters. The summed E-state index contributed by atoms with van der Waals surface area (Å²) < 4.78 is 50.1. The van der Waals surface area contributed by atoms with E-state index in [0.717, 1.165) is 0 Å². The van der Waals surface area contributed by atoms with Crippen molar-refractivity contribution in [3.05, 3.63) is 0 Å². The first kappa shape index (κ1) is 25.4. The first-order valence-electron chi connectivity index (χ1n) is 2.90. The Kier molecular flexibility index (Phi) is 22.9. The van der Waals surface area contributed by atoms with Crippen LogP contribution in [-0.4, -0.2) is 34.3 Å². The van der Waals surface area contributed by atoms with Crippen LogP contribution in [0, 0.1) is 0 Å². The largest absolute Gasteiger partial charge is 1.00 e. The molecule has 0 aliphatic rings. The van der Waals surface area contributed by atoms with E-state index in [4.69, 9.17) is 21.7 Å². The SMILES string of the molecule is CCOC(C)=O.O=S([O-])S(=O)(=O)[O-].[Na+].[Na+]. The molecule has 0 aliphatic heterocycles. The first-order chi connectivity index (χ1) is 5.71. The van der Waals surface area contributed by atoms with Crippen LogP contribution in [0.5, 0.6) is 0 Å². The van der Waals surface area contributed by atoms with Crippen LogP contribution >= 0.6 is 0 Å². The minimum atomic E-state index is -5.07. The summed E-state index contributed by atoms with van der Waals surface area (Å²) in [5.74, 6) is -0.211. The van der Waals surface area contributed by atoms with Crippen LogP contribution in [0.1, 0.15) is 13.8 Å².